The van der Waals surface area contributed by atoms with Gasteiger partial charge in [0, 0.05) is 12.1 Å². The van der Waals surface area contributed by atoms with Crippen LogP contribution in [-0.4, -0.2) is 49.8 Å². The molecule has 1 unspecified atom stereocenters. The molecule has 1 atom stereocenters. The number of nitrogens with two attached hydrogens (primary N) is 1. The van der Waals surface area contributed by atoms with Crippen LogP contribution in [0.4, 0.5) is 13.2 Å². The van der Waals surface area contributed by atoms with E-state index < -0.39 is 18.3 Å². The second kappa shape index (κ2) is 5.33. The Hall–Kier alpha value is -0.330. The Labute approximate surface area is 94.2 Å². The van der Waals surface area contributed by atoms with E-state index in [0.717, 1.165) is 19.5 Å². The molecule has 0 radical (unpaired) electrons. The molecule has 1 fully saturated rings. The molecule has 1 rings (SSSR count). The van der Waals surface area contributed by atoms with Crippen LogP contribution in [0.25, 0.3) is 0 Å². The van der Waals surface area contributed by atoms with E-state index in [1.54, 1.807) is 0 Å². The van der Waals surface area contributed by atoms with Crippen LogP contribution in [0.2, 0.25) is 0 Å². The van der Waals surface area contributed by atoms with Crippen LogP contribution < -0.4 is 11.1 Å². The number of alkyl halides is 3. The maximum Gasteiger partial charge on any atom is 0.401 e. The fourth-order valence-electron chi connectivity index (χ4n) is 2.07. The maximum atomic E-state index is 12.2. The van der Waals surface area contributed by atoms with E-state index in [1.807, 2.05) is 7.05 Å². The minimum Gasteiger partial charge on any atom is -0.329 e. The van der Waals surface area contributed by atoms with Gasteiger partial charge in [0.1, 0.15) is 0 Å². The molecule has 96 valence electrons. The van der Waals surface area contributed by atoms with E-state index in [9.17, 15) is 13.2 Å². The average molecular weight is 239 g/mol. The van der Waals surface area contributed by atoms with Gasteiger partial charge < -0.3 is 16.0 Å². The Kier molecular flexibility index (Phi) is 4.58. The Bertz CT molecular complexity index is 220. The summed E-state index contributed by atoms with van der Waals surface area (Å²) >= 11 is 0. The van der Waals surface area contributed by atoms with Gasteiger partial charge in [-0.25, -0.2) is 0 Å². The lowest BCUT2D eigenvalue weighted by atomic mass is 9.90. The van der Waals surface area contributed by atoms with Crippen molar-refractivity contribution in [1.29, 1.82) is 0 Å². The van der Waals surface area contributed by atoms with Crippen molar-refractivity contribution in [3.05, 3.63) is 0 Å². The number of likely N-dealkylation sites (tertiary alicyclic amines) is 1. The Morgan fingerprint density at radius 3 is 2.56 bits per heavy atom. The van der Waals surface area contributed by atoms with Crippen molar-refractivity contribution in [2.24, 2.45) is 5.73 Å². The number of rotatable bonds is 3. The van der Waals surface area contributed by atoms with Crippen molar-refractivity contribution in [2.75, 3.05) is 33.2 Å². The first-order chi connectivity index (χ1) is 7.37. The van der Waals surface area contributed by atoms with Gasteiger partial charge in [0.05, 0.1) is 6.54 Å². The summed E-state index contributed by atoms with van der Waals surface area (Å²) in [7, 11) is 1.98. The lowest BCUT2D eigenvalue weighted by Crippen LogP contribution is -2.54. The fourth-order valence-corrected chi connectivity index (χ4v) is 2.07. The molecule has 0 bridgehead atoms. The van der Waals surface area contributed by atoms with E-state index in [4.69, 9.17) is 5.73 Å². The Morgan fingerprint density at radius 2 is 2.00 bits per heavy atom. The van der Waals surface area contributed by atoms with Crippen LogP contribution in [0, 0.1) is 0 Å². The molecule has 1 heterocycles. The van der Waals surface area contributed by atoms with Crippen LogP contribution in [-0.2, 0) is 0 Å². The lowest BCUT2D eigenvalue weighted by Gasteiger charge is -2.33. The van der Waals surface area contributed by atoms with Gasteiger partial charge in [-0.2, -0.15) is 13.2 Å². The third-order valence-electron chi connectivity index (χ3n) is 3.22. The second-order valence-corrected chi connectivity index (χ2v) is 4.61. The molecular weight excluding hydrogens is 219 g/mol. The molecule has 1 aliphatic heterocycles. The molecule has 0 saturated carbocycles. The molecule has 3 nitrogen and oxygen atoms in total. The van der Waals surface area contributed by atoms with Crippen molar-refractivity contribution in [1.82, 2.24) is 10.2 Å². The van der Waals surface area contributed by atoms with E-state index in [0.29, 0.717) is 12.8 Å². The van der Waals surface area contributed by atoms with Crippen molar-refractivity contribution < 1.29 is 13.2 Å². The van der Waals surface area contributed by atoms with Crippen molar-refractivity contribution in [2.45, 2.75) is 31.0 Å². The smallest absolute Gasteiger partial charge is 0.329 e. The normalized spacial score (nSPS) is 29.1. The summed E-state index contributed by atoms with van der Waals surface area (Å²) < 4.78 is 36.5. The molecule has 1 aliphatic rings. The Balaban J connectivity index is 2.55. The molecule has 0 amide bonds. The topological polar surface area (TPSA) is 41.3 Å². The highest BCUT2D eigenvalue weighted by Crippen LogP contribution is 2.23. The largest absolute Gasteiger partial charge is 0.401 e. The molecule has 0 aromatic rings. The summed E-state index contributed by atoms with van der Waals surface area (Å²) in [5.41, 5.74) is 5.09. The maximum absolute atomic E-state index is 12.2. The minimum atomic E-state index is -4.17. The number of hydrogen-bond donors (Lipinski definition) is 2. The molecule has 6 heteroatoms. The number of hydrogen-bond acceptors (Lipinski definition) is 3. The predicted molar refractivity (Wildman–Crippen MR) is 57.2 cm³/mol. The number of nitrogens with one attached hydrogen (secondary N) is 1. The van der Waals surface area contributed by atoms with Gasteiger partial charge in [-0.1, -0.05) is 0 Å². The molecule has 3 N–H and O–H groups in total. The van der Waals surface area contributed by atoms with E-state index in [-0.39, 0.29) is 6.54 Å². The Morgan fingerprint density at radius 1 is 1.31 bits per heavy atom. The standard InChI is InChI=1S/C10H20F3N3/c1-16-5-2-3-9(7-14,4-6-16)15-8-10(11,12)13/h15H,2-8,14H2,1H3. The van der Waals surface area contributed by atoms with Gasteiger partial charge in [0.2, 0.25) is 0 Å². The third kappa shape index (κ3) is 4.27. The van der Waals surface area contributed by atoms with Gasteiger partial charge in [-0.15, -0.1) is 0 Å². The molecular formula is C10H20F3N3. The first kappa shape index (κ1) is 13.7. The van der Waals surface area contributed by atoms with Crippen molar-refractivity contribution in [3.8, 4) is 0 Å². The zero-order chi connectivity index (χ0) is 12.2. The molecule has 0 spiro atoms. The summed E-state index contributed by atoms with van der Waals surface area (Å²) in [5.74, 6) is 0. The highest BCUT2D eigenvalue weighted by atomic mass is 19.4. The molecule has 0 aromatic carbocycles. The molecule has 16 heavy (non-hydrogen) atoms. The summed E-state index contributed by atoms with van der Waals surface area (Å²) in [6.45, 7) is 1.03. The van der Waals surface area contributed by atoms with Crippen LogP contribution >= 0.6 is 0 Å². The summed E-state index contributed by atoms with van der Waals surface area (Å²) in [4.78, 5) is 2.13. The SMILES string of the molecule is CN1CCCC(CN)(NCC(F)(F)F)CC1. The zero-order valence-corrected chi connectivity index (χ0v) is 9.61. The van der Waals surface area contributed by atoms with E-state index in [2.05, 4.69) is 10.2 Å². The molecule has 0 aromatic heterocycles. The van der Waals surface area contributed by atoms with E-state index >= 15 is 0 Å². The first-order valence-electron chi connectivity index (χ1n) is 5.57. The highest BCUT2D eigenvalue weighted by molar-refractivity contribution is 4.92. The summed E-state index contributed by atoms with van der Waals surface area (Å²) in [6.07, 6.45) is -1.89. The van der Waals surface area contributed by atoms with Crippen LogP contribution in [0.5, 0.6) is 0 Å². The van der Waals surface area contributed by atoms with Crippen LogP contribution in [0.3, 0.4) is 0 Å². The van der Waals surface area contributed by atoms with Crippen LogP contribution in [0.15, 0.2) is 0 Å². The van der Waals surface area contributed by atoms with Gasteiger partial charge in [0.15, 0.2) is 0 Å². The van der Waals surface area contributed by atoms with E-state index in [1.165, 1.54) is 0 Å². The highest BCUT2D eigenvalue weighted by Gasteiger charge is 2.35. The summed E-state index contributed by atoms with van der Waals surface area (Å²) in [6, 6.07) is 0. The quantitative estimate of drug-likeness (QED) is 0.770. The zero-order valence-electron chi connectivity index (χ0n) is 9.61. The number of halogens is 3. The van der Waals surface area contributed by atoms with Gasteiger partial charge in [-0.3, -0.25) is 0 Å². The lowest BCUT2D eigenvalue weighted by molar-refractivity contribution is -0.129. The van der Waals surface area contributed by atoms with Gasteiger partial charge in [-0.05, 0) is 39.4 Å². The predicted octanol–water partition coefficient (Wildman–Crippen LogP) is 0.951. The summed E-state index contributed by atoms with van der Waals surface area (Å²) in [5, 5.41) is 2.61. The van der Waals surface area contributed by atoms with Gasteiger partial charge >= 0.3 is 6.18 Å². The van der Waals surface area contributed by atoms with Crippen molar-refractivity contribution >= 4 is 0 Å². The third-order valence-corrected chi connectivity index (χ3v) is 3.22. The minimum absolute atomic E-state index is 0.261. The second-order valence-electron chi connectivity index (χ2n) is 4.61. The fraction of sp³-hybridized carbons (Fsp3) is 1.00. The monoisotopic (exact) mass is 239 g/mol. The van der Waals surface area contributed by atoms with Crippen molar-refractivity contribution in [3.63, 3.8) is 0 Å². The molecule has 1 saturated heterocycles. The first-order valence-corrected chi connectivity index (χ1v) is 5.57. The average Bonchev–Trinajstić information content (AvgIpc) is 2.38. The number of nitrogens with zero attached hydrogens (tertiary/aromatic N) is 1. The van der Waals surface area contributed by atoms with Crippen LogP contribution in [0.1, 0.15) is 19.3 Å². The van der Waals surface area contributed by atoms with Gasteiger partial charge in [0.25, 0.3) is 0 Å². The molecule has 0 aliphatic carbocycles.